The van der Waals surface area contributed by atoms with Crippen LogP contribution in [0.5, 0.6) is 0 Å². The molecule has 0 aliphatic carbocycles. The second-order valence-corrected chi connectivity index (χ2v) is 9.57. The van der Waals surface area contributed by atoms with E-state index in [1.165, 1.54) is 6.07 Å². The van der Waals surface area contributed by atoms with E-state index < -0.39 is 0 Å². The lowest BCUT2D eigenvalue weighted by Crippen LogP contribution is -2.17. The first kappa shape index (κ1) is 22.0. The van der Waals surface area contributed by atoms with Gasteiger partial charge in [-0.2, -0.15) is 9.49 Å². The number of hydrogen-bond donors (Lipinski definition) is 3. The monoisotopic (exact) mass is 498 g/mol. The van der Waals surface area contributed by atoms with Gasteiger partial charge in [-0.1, -0.05) is 13.8 Å². The molecule has 3 N–H and O–H groups in total. The molecule has 6 aromatic rings. The van der Waals surface area contributed by atoms with Gasteiger partial charge in [0.15, 0.2) is 16.6 Å². The number of aromatic amines is 2. The van der Waals surface area contributed by atoms with Crippen molar-refractivity contribution in [1.82, 2.24) is 35.1 Å². The fourth-order valence-electron chi connectivity index (χ4n) is 3.88. The minimum atomic E-state index is -0.254. The van der Waals surface area contributed by atoms with Crippen molar-refractivity contribution < 1.29 is 9.18 Å². The molecule has 0 aliphatic heterocycles. The Morgan fingerprint density at radius 1 is 1.11 bits per heavy atom. The number of hydrogen-bond acceptors (Lipinski definition) is 7. The van der Waals surface area contributed by atoms with E-state index in [0.717, 1.165) is 38.2 Å². The van der Waals surface area contributed by atoms with Crippen LogP contribution in [-0.4, -0.2) is 41.0 Å². The van der Waals surface area contributed by atoms with Crippen LogP contribution >= 0.6 is 11.3 Å². The molecule has 0 aliphatic rings. The first-order valence-corrected chi connectivity index (χ1v) is 12.0. The zero-order chi connectivity index (χ0) is 24.8. The topological polar surface area (TPSA) is 125 Å². The Morgan fingerprint density at radius 2 is 2.00 bits per heavy atom. The third-order valence-corrected chi connectivity index (χ3v) is 6.64. The van der Waals surface area contributed by atoms with Crippen molar-refractivity contribution in [2.75, 3.05) is 5.32 Å². The molecule has 6 aromatic heterocycles. The van der Waals surface area contributed by atoms with Crippen LogP contribution in [0.1, 0.15) is 13.8 Å². The average Bonchev–Trinajstić information content (AvgIpc) is 3.61. The van der Waals surface area contributed by atoms with Crippen molar-refractivity contribution in [3.63, 3.8) is 0 Å². The summed E-state index contributed by atoms with van der Waals surface area (Å²) < 4.78 is 13.6. The third kappa shape index (κ3) is 3.89. The number of nitrogens with zero attached hydrogens (tertiary/aromatic N) is 5. The molecule has 0 unspecified atom stereocenters. The predicted molar refractivity (Wildman–Crippen MR) is 137 cm³/mol. The molecule has 178 valence electrons. The second kappa shape index (κ2) is 8.61. The number of amides is 1. The van der Waals surface area contributed by atoms with Gasteiger partial charge in [0.25, 0.3) is 0 Å². The molecule has 0 aromatic carbocycles. The largest absolute Gasteiger partial charge is 0.335 e. The molecule has 0 saturated heterocycles. The molecular formula is C25H19FN8OS. The average molecular weight is 499 g/mol. The smallest absolute Gasteiger partial charge is 0.226 e. The molecule has 0 bridgehead atoms. The maximum atomic E-state index is 13.6. The van der Waals surface area contributed by atoms with E-state index in [-0.39, 0.29) is 17.0 Å². The van der Waals surface area contributed by atoms with Crippen LogP contribution in [0, 0.1) is 11.0 Å². The molecule has 0 radical (unpaired) electrons. The zero-order valence-electron chi connectivity index (χ0n) is 19.2. The third-order valence-electron chi connectivity index (χ3n) is 5.73. The van der Waals surface area contributed by atoms with Gasteiger partial charge in [0.05, 0.1) is 34.8 Å². The van der Waals surface area contributed by atoms with E-state index in [1.54, 1.807) is 30.9 Å². The highest BCUT2D eigenvalue weighted by molar-refractivity contribution is 7.14. The number of halogens is 1. The summed E-state index contributed by atoms with van der Waals surface area (Å²) in [6.45, 7) is 3.66. The quantitative estimate of drug-likeness (QED) is 0.291. The van der Waals surface area contributed by atoms with Crippen molar-refractivity contribution in [3.05, 3.63) is 60.3 Å². The van der Waals surface area contributed by atoms with E-state index in [0.29, 0.717) is 34.1 Å². The SMILES string of the molecule is CC(C)C(=O)Nc1cncc(-c2cc3c(-c4nc5nccc(-c6ccc(F)s6)c5[nH]4)n[nH]c3cn2)c1. The molecule has 0 fully saturated rings. The highest BCUT2D eigenvalue weighted by Crippen LogP contribution is 2.34. The number of aromatic nitrogens is 7. The fourth-order valence-corrected chi connectivity index (χ4v) is 4.64. The van der Waals surface area contributed by atoms with Crippen molar-refractivity contribution in [2.45, 2.75) is 13.8 Å². The van der Waals surface area contributed by atoms with Crippen molar-refractivity contribution in [1.29, 1.82) is 0 Å². The number of rotatable bonds is 5. The Kier molecular flexibility index (Phi) is 5.26. The Balaban J connectivity index is 1.41. The Labute approximate surface area is 207 Å². The number of carbonyl (C=O) groups is 1. The predicted octanol–water partition coefficient (Wildman–Crippen LogP) is 5.42. The van der Waals surface area contributed by atoms with Gasteiger partial charge in [0.1, 0.15) is 5.69 Å². The number of thiophene rings is 1. The number of H-pyrrole nitrogens is 2. The summed E-state index contributed by atoms with van der Waals surface area (Å²) in [5.41, 5.74) is 5.40. The molecule has 11 heteroatoms. The van der Waals surface area contributed by atoms with Gasteiger partial charge in [0.2, 0.25) is 5.91 Å². The molecule has 1 amide bonds. The van der Waals surface area contributed by atoms with Gasteiger partial charge >= 0.3 is 0 Å². The van der Waals surface area contributed by atoms with E-state index in [1.807, 2.05) is 32.0 Å². The Hall–Kier alpha value is -4.51. The first-order valence-electron chi connectivity index (χ1n) is 11.2. The van der Waals surface area contributed by atoms with Crippen molar-refractivity contribution in [2.24, 2.45) is 5.92 Å². The van der Waals surface area contributed by atoms with E-state index >= 15 is 0 Å². The second-order valence-electron chi connectivity index (χ2n) is 8.54. The maximum absolute atomic E-state index is 13.6. The number of nitrogens with one attached hydrogen (secondary N) is 3. The van der Waals surface area contributed by atoms with Crippen LogP contribution in [-0.2, 0) is 4.79 Å². The molecule has 6 heterocycles. The van der Waals surface area contributed by atoms with Crippen LogP contribution in [0.3, 0.4) is 0 Å². The summed E-state index contributed by atoms with van der Waals surface area (Å²) in [5, 5.41) is 10.9. The van der Waals surface area contributed by atoms with Gasteiger partial charge < -0.3 is 10.3 Å². The lowest BCUT2D eigenvalue weighted by molar-refractivity contribution is -0.118. The van der Waals surface area contributed by atoms with Crippen molar-refractivity contribution in [3.8, 4) is 33.2 Å². The normalized spacial score (nSPS) is 11.6. The van der Waals surface area contributed by atoms with Gasteiger partial charge in [0, 0.05) is 39.7 Å². The van der Waals surface area contributed by atoms with Crippen molar-refractivity contribution >= 4 is 45.0 Å². The van der Waals surface area contributed by atoms with Crippen LogP contribution in [0.2, 0.25) is 0 Å². The molecule has 0 spiro atoms. The van der Waals surface area contributed by atoms with Crippen LogP contribution < -0.4 is 5.32 Å². The molecule has 36 heavy (non-hydrogen) atoms. The molecular weight excluding hydrogens is 479 g/mol. The summed E-state index contributed by atoms with van der Waals surface area (Å²) >= 11 is 1.07. The zero-order valence-corrected chi connectivity index (χ0v) is 20.0. The first-order chi connectivity index (χ1) is 17.5. The van der Waals surface area contributed by atoms with E-state index in [2.05, 4.69) is 40.4 Å². The Morgan fingerprint density at radius 3 is 2.81 bits per heavy atom. The minimum Gasteiger partial charge on any atom is -0.335 e. The number of anilines is 1. The number of pyridine rings is 3. The van der Waals surface area contributed by atoms with Gasteiger partial charge in [-0.15, -0.1) is 11.3 Å². The van der Waals surface area contributed by atoms with Gasteiger partial charge in [-0.3, -0.25) is 19.9 Å². The summed E-state index contributed by atoms with van der Waals surface area (Å²) in [7, 11) is 0. The fraction of sp³-hybridized carbons (Fsp3) is 0.120. The summed E-state index contributed by atoms with van der Waals surface area (Å²) in [6.07, 6.45) is 6.64. The Bertz CT molecular complexity index is 1750. The summed E-state index contributed by atoms with van der Waals surface area (Å²) in [5.74, 6) is 0.299. The van der Waals surface area contributed by atoms with E-state index in [4.69, 9.17) is 0 Å². The highest BCUT2D eigenvalue weighted by atomic mass is 32.1. The molecule has 9 nitrogen and oxygen atoms in total. The van der Waals surface area contributed by atoms with Gasteiger partial charge in [-0.25, -0.2) is 9.97 Å². The number of fused-ring (bicyclic) bond motifs is 2. The summed E-state index contributed by atoms with van der Waals surface area (Å²) in [4.78, 5) is 34.0. The lowest BCUT2D eigenvalue weighted by Gasteiger charge is -2.08. The maximum Gasteiger partial charge on any atom is 0.226 e. The summed E-state index contributed by atoms with van der Waals surface area (Å²) in [6, 6.07) is 8.74. The van der Waals surface area contributed by atoms with E-state index in [9.17, 15) is 9.18 Å². The minimum absolute atomic E-state index is 0.0855. The number of carbonyl (C=O) groups excluding carboxylic acids is 1. The van der Waals surface area contributed by atoms with Crippen LogP contribution in [0.4, 0.5) is 10.1 Å². The van der Waals surface area contributed by atoms with Crippen LogP contribution in [0.25, 0.3) is 55.3 Å². The van der Waals surface area contributed by atoms with Gasteiger partial charge in [-0.05, 0) is 30.3 Å². The number of imidazole rings is 1. The lowest BCUT2D eigenvalue weighted by atomic mass is 10.1. The standard InChI is InChI=1S/C25H19FN8OS/c1-12(2)25(35)30-14-7-13(9-27-10-14)17-8-16-18(11-29-17)33-34-22(16)24-31-21-15(5-6-28-23(21)32-24)19-3-4-20(26)36-19/h3-12H,1-2H3,(H,30,35)(H,33,34)(H,28,31,32). The highest BCUT2D eigenvalue weighted by Gasteiger charge is 2.18. The molecule has 0 atom stereocenters. The molecule has 0 saturated carbocycles. The van der Waals surface area contributed by atoms with Crippen LogP contribution in [0.15, 0.2) is 55.1 Å². The molecule has 6 rings (SSSR count).